The Hall–Kier alpha value is -1.11. The van der Waals surface area contributed by atoms with Crippen LogP contribution < -0.4 is 0 Å². The second-order valence-electron chi connectivity index (χ2n) is 4.51. The molecule has 0 spiro atoms. The van der Waals surface area contributed by atoms with Gasteiger partial charge in [-0.1, -0.05) is 11.6 Å². The average molecular weight is 363 g/mol. The topological polar surface area (TPSA) is 66.8 Å². The number of aliphatic hydroxyl groups excluding tert-OH is 1. The van der Waals surface area contributed by atoms with Crippen LogP contribution in [0, 0.1) is 0 Å². The summed E-state index contributed by atoms with van der Waals surface area (Å²) in [6.45, 7) is 0.105. The van der Waals surface area contributed by atoms with Crippen molar-refractivity contribution in [2.45, 2.75) is 18.6 Å². The molecular weight excluding hydrogens is 350 g/mol. The molecule has 1 amide bonds. The lowest BCUT2D eigenvalue weighted by atomic mass is 10.1. The zero-order valence-corrected chi connectivity index (χ0v) is 13.0. The quantitative estimate of drug-likeness (QED) is 0.816. The number of hydrogen-bond donors (Lipinski definition) is 1. The lowest BCUT2D eigenvalue weighted by molar-refractivity contribution is -0.145. The lowest BCUT2D eigenvalue weighted by Gasteiger charge is -2.22. The summed E-state index contributed by atoms with van der Waals surface area (Å²) >= 11 is 9.11. The van der Waals surface area contributed by atoms with Crippen LogP contribution >= 0.6 is 27.5 Å². The van der Waals surface area contributed by atoms with Crippen molar-refractivity contribution >= 4 is 39.4 Å². The number of β-amino-alcohol motifs (C(OH)–C–C–N with tert-alkyl or cyclic N) is 1. The summed E-state index contributed by atoms with van der Waals surface area (Å²) in [5, 5.41) is 10.2. The van der Waals surface area contributed by atoms with E-state index in [9.17, 15) is 14.7 Å². The van der Waals surface area contributed by atoms with E-state index in [1.165, 1.54) is 12.0 Å². The van der Waals surface area contributed by atoms with Gasteiger partial charge in [-0.25, -0.2) is 4.79 Å². The molecule has 2 rings (SSSR count). The Morgan fingerprint density at radius 1 is 1.50 bits per heavy atom. The van der Waals surface area contributed by atoms with Crippen LogP contribution in [-0.4, -0.2) is 47.7 Å². The fourth-order valence-corrected chi connectivity index (χ4v) is 3.07. The van der Waals surface area contributed by atoms with Gasteiger partial charge in [-0.2, -0.15) is 0 Å². The normalized spacial score (nSPS) is 21.9. The van der Waals surface area contributed by atoms with Crippen LogP contribution in [0.25, 0.3) is 0 Å². The van der Waals surface area contributed by atoms with E-state index in [1.807, 2.05) is 0 Å². The first-order valence-corrected chi connectivity index (χ1v) is 7.13. The van der Waals surface area contributed by atoms with Crippen molar-refractivity contribution in [3.8, 4) is 0 Å². The van der Waals surface area contributed by atoms with Gasteiger partial charge in [0.1, 0.15) is 6.04 Å². The van der Waals surface area contributed by atoms with E-state index in [4.69, 9.17) is 11.6 Å². The summed E-state index contributed by atoms with van der Waals surface area (Å²) < 4.78 is 5.21. The molecule has 1 aromatic carbocycles. The van der Waals surface area contributed by atoms with Gasteiger partial charge < -0.3 is 14.7 Å². The number of amides is 1. The highest BCUT2D eigenvalue weighted by Crippen LogP contribution is 2.27. The largest absolute Gasteiger partial charge is 0.467 e. The monoisotopic (exact) mass is 361 g/mol. The van der Waals surface area contributed by atoms with Gasteiger partial charge in [0, 0.05) is 22.5 Å². The average Bonchev–Trinajstić information content (AvgIpc) is 2.79. The maximum absolute atomic E-state index is 12.5. The van der Waals surface area contributed by atoms with E-state index >= 15 is 0 Å². The molecule has 1 saturated heterocycles. The van der Waals surface area contributed by atoms with Crippen molar-refractivity contribution < 1.29 is 19.4 Å². The van der Waals surface area contributed by atoms with Crippen molar-refractivity contribution in [1.29, 1.82) is 0 Å². The maximum atomic E-state index is 12.5. The predicted molar refractivity (Wildman–Crippen MR) is 76.6 cm³/mol. The highest BCUT2D eigenvalue weighted by Gasteiger charge is 2.40. The highest BCUT2D eigenvalue weighted by molar-refractivity contribution is 9.10. The van der Waals surface area contributed by atoms with Gasteiger partial charge in [0.2, 0.25) is 0 Å². The molecule has 108 valence electrons. The third-order valence-electron chi connectivity index (χ3n) is 3.17. The number of ether oxygens (including phenoxy) is 1. The lowest BCUT2D eigenvalue weighted by Crippen LogP contribution is -2.41. The third kappa shape index (κ3) is 2.97. The fourth-order valence-electron chi connectivity index (χ4n) is 2.22. The van der Waals surface area contributed by atoms with Crippen molar-refractivity contribution in [3.05, 3.63) is 33.3 Å². The fraction of sp³-hybridized carbons (Fsp3) is 0.385. The summed E-state index contributed by atoms with van der Waals surface area (Å²) in [6, 6.07) is 4.02. The van der Waals surface area contributed by atoms with E-state index in [2.05, 4.69) is 20.7 Å². The van der Waals surface area contributed by atoms with Crippen LogP contribution in [0.5, 0.6) is 0 Å². The van der Waals surface area contributed by atoms with Gasteiger partial charge in [-0.3, -0.25) is 4.79 Å². The Kier molecular flexibility index (Phi) is 4.67. The minimum atomic E-state index is -0.759. The molecule has 0 aromatic heterocycles. The van der Waals surface area contributed by atoms with Gasteiger partial charge in [0.15, 0.2) is 0 Å². The van der Waals surface area contributed by atoms with Crippen molar-refractivity contribution in [3.63, 3.8) is 0 Å². The predicted octanol–water partition coefficient (Wildman–Crippen LogP) is 1.85. The molecule has 5 nitrogen and oxygen atoms in total. The molecule has 1 aliphatic rings. The number of carbonyl (C=O) groups is 2. The number of halogens is 2. The van der Waals surface area contributed by atoms with Gasteiger partial charge in [0.25, 0.3) is 5.91 Å². The summed E-state index contributed by atoms with van der Waals surface area (Å²) in [5.41, 5.74) is 0.386. The van der Waals surface area contributed by atoms with Crippen LogP contribution in [0.3, 0.4) is 0 Å². The minimum absolute atomic E-state index is 0.105. The molecule has 0 aliphatic carbocycles. The molecule has 1 N–H and O–H groups in total. The Balaban J connectivity index is 2.29. The maximum Gasteiger partial charge on any atom is 0.328 e. The van der Waals surface area contributed by atoms with Crippen molar-refractivity contribution in [1.82, 2.24) is 4.90 Å². The molecule has 20 heavy (non-hydrogen) atoms. The zero-order valence-electron chi connectivity index (χ0n) is 10.7. The van der Waals surface area contributed by atoms with E-state index in [1.54, 1.807) is 18.2 Å². The number of rotatable bonds is 2. The molecule has 1 heterocycles. The zero-order chi connectivity index (χ0) is 14.9. The first-order chi connectivity index (χ1) is 9.43. The first-order valence-electron chi connectivity index (χ1n) is 5.96. The van der Waals surface area contributed by atoms with E-state index in [-0.39, 0.29) is 18.9 Å². The summed E-state index contributed by atoms with van der Waals surface area (Å²) in [4.78, 5) is 25.5. The molecule has 1 aliphatic heterocycles. The smallest absolute Gasteiger partial charge is 0.328 e. The van der Waals surface area contributed by atoms with E-state index in [0.717, 1.165) is 0 Å². The van der Waals surface area contributed by atoms with Gasteiger partial charge in [0.05, 0.1) is 18.8 Å². The number of likely N-dealkylation sites (tertiary alicyclic amines) is 1. The Morgan fingerprint density at radius 3 is 2.80 bits per heavy atom. The minimum Gasteiger partial charge on any atom is -0.467 e. The molecule has 0 radical (unpaired) electrons. The van der Waals surface area contributed by atoms with Crippen LogP contribution in [0.2, 0.25) is 5.02 Å². The molecule has 0 bridgehead atoms. The second kappa shape index (κ2) is 6.11. The number of esters is 1. The SMILES string of the molecule is COC(=O)C1CC(O)CN1C(=O)c1ccc(Cl)cc1Br. The van der Waals surface area contributed by atoms with Crippen molar-refractivity contribution in [2.75, 3.05) is 13.7 Å². The highest BCUT2D eigenvalue weighted by atomic mass is 79.9. The third-order valence-corrected chi connectivity index (χ3v) is 4.07. The Bertz CT molecular complexity index is 551. The van der Waals surface area contributed by atoms with Gasteiger partial charge in [-0.15, -0.1) is 0 Å². The van der Waals surface area contributed by atoms with Crippen LogP contribution in [0.1, 0.15) is 16.8 Å². The molecule has 1 aromatic rings. The summed E-state index contributed by atoms with van der Waals surface area (Å²) in [6.07, 6.45) is -0.544. The number of carbonyl (C=O) groups excluding carboxylic acids is 2. The molecule has 2 atom stereocenters. The summed E-state index contributed by atoms with van der Waals surface area (Å²) in [5.74, 6) is -0.875. The van der Waals surface area contributed by atoms with Crippen LogP contribution in [-0.2, 0) is 9.53 Å². The number of benzene rings is 1. The van der Waals surface area contributed by atoms with E-state index < -0.39 is 18.1 Å². The van der Waals surface area contributed by atoms with Crippen LogP contribution in [0.15, 0.2) is 22.7 Å². The van der Waals surface area contributed by atoms with Gasteiger partial charge >= 0.3 is 5.97 Å². The number of aliphatic hydroxyl groups is 1. The molecule has 7 heteroatoms. The number of hydrogen-bond acceptors (Lipinski definition) is 4. The molecule has 1 fully saturated rings. The molecular formula is C13H13BrClNO4. The number of methoxy groups -OCH3 is 1. The summed E-state index contributed by atoms with van der Waals surface area (Å²) in [7, 11) is 1.26. The number of nitrogens with zero attached hydrogens (tertiary/aromatic N) is 1. The van der Waals surface area contributed by atoms with Gasteiger partial charge in [-0.05, 0) is 34.1 Å². The standard InChI is InChI=1S/C13H13BrClNO4/c1-20-13(19)11-5-8(17)6-16(11)12(18)9-3-2-7(15)4-10(9)14/h2-4,8,11,17H,5-6H2,1H3. The van der Waals surface area contributed by atoms with Crippen LogP contribution in [0.4, 0.5) is 0 Å². The Labute approximate surface area is 129 Å². The molecule has 2 unspecified atom stereocenters. The van der Waals surface area contributed by atoms with Crippen molar-refractivity contribution in [2.24, 2.45) is 0 Å². The Morgan fingerprint density at radius 2 is 2.20 bits per heavy atom. The molecule has 0 saturated carbocycles. The van der Waals surface area contributed by atoms with E-state index in [0.29, 0.717) is 15.1 Å². The second-order valence-corrected chi connectivity index (χ2v) is 5.80. The first kappa shape index (κ1) is 15.3.